The molecule has 1 aliphatic rings. The predicted molar refractivity (Wildman–Crippen MR) is 87.7 cm³/mol. The van der Waals surface area contributed by atoms with Crippen LogP contribution in [0.3, 0.4) is 0 Å². The first-order chi connectivity index (χ1) is 10.1. The summed E-state index contributed by atoms with van der Waals surface area (Å²) in [6.07, 6.45) is 0.843. The number of thioether (sulfide) groups is 1. The van der Waals surface area contributed by atoms with Crippen LogP contribution in [0.5, 0.6) is 5.75 Å². The zero-order valence-electron chi connectivity index (χ0n) is 12.7. The maximum absolute atomic E-state index is 11.8. The van der Waals surface area contributed by atoms with E-state index in [9.17, 15) is 4.79 Å². The molecule has 1 atom stereocenters. The monoisotopic (exact) mass is 308 g/mol. The number of hydrogen-bond donors (Lipinski definition) is 2. The summed E-state index contributed by atoms with van der Waals surface area (Å²) in [5, 5.41) is 6.15. The van der Waals surface area contributed by atoms with E-state index in [1.54, 1.807) is 11.8 Å². The number of carbonyl (C=O) groups is 1. The first kappa shape index (κ1) is 16.2. The lowest BCUT2D eigenvalue weighted by Gasteiger charge is -2.11. The van der Waals surface area contributed by atoms with Crippen molar-refractivity contribution in [2.75, 3.05) is 24.8 Å². The van der Waals surface area contributed by atoms with Gasteiger partial charge in [0.05, 0.1) is 12.6 Å². The lowest BCUT2D eigenvalue weighted by molar-refractivity contribution is -0.122. The molecule has 1 amide bonds. The minimum atomic E-state index is -0.0261. The predicted octanol–water partition coefficient (Wildman–Crippen LogP) is 2.04. The number of nitrogens with one attached hydrogen (secondary N) is 2. The van der Waals surface area contributed by atoms with E-state index in [1.165, 1.54) is 5.56 Å². The van der Waals surface area contributed by atoms with E-state index in [0.29, 0.717) is 12.5 Å². The minimum Gasteiger partial charge on any atom is -0.493 e. The Morgan fingerprint density at radius 2 is 2.19 bits per heavy atom. The summed E-state index contributed by atoms with van der Waals surface area (Å²) in [5.74, 6) is 3.28. The minimum absolute atomic E-state index is 0.0261. The van der Waals surface area contributed by atoms with Gasteiger partial charge in [0, 0.05) is 18.2 Å². The molecule has 0 aliphatic carbocycles. The van der Waals surface area contributed by atoms with Crippen molar-refractivity contribution in [1.29, 1.82) is 0 Å². The van der Waals surface area contributed by atoms with Gasteiger partial charge in [-0.1, -0.05) is 26.0 Å². The van der Waals surface area contributed by atoms with Crippen molar-refractivity contribution in [2.24, 2.45) is 5.92 Å². The highest BCUT2D eigenvalue weighted by Gasteiger charge is 2.21. The molecular weight excluding hydrogens is 284 g/mol. The fraction of sp³-hybridized carbons (Fsp3) is 0.562. The Labute approximate surface area is 131 Å². The molecule has 2 N–H and O–H groups in total. The molecule has 0 aromatic heterocycles. The first-order valence-electron chi connectivity index (χ1n) is 7.45. The molecule has 5 heteroatoms. The molecular formula is C16H24N2O2S. The summed E-state index contributed by atoms with van der Waals surface area (Å²) in [5.41, 5.74) is 1.21. The molecule has 4 nitrogen and oxygen atoms in total. The second kappa shape index (κ2) is 8.29. The third-order valence-corrected chi connectivity index (χ3v) is 4.19. The number of ether oxygens (including phenoxy) is 1. The number of rotatable bonds is 7. The van der Waals surface area contributed by atoms with Gasteiger partial charge < -0.3 is 10.1 Å². The highest BCUT2D eigenvalue weighted by Crippen LogP contribution is 2.13. The van der Waals surface area contributed by atoms with Crippen LogP contribution in [-0.4, -0.2) is 36.7 Å². The molecule has 21 heavy (non-hydrogen) atoms. The van der Waals surface area contributed by atoms with Crippen LogP contribution in [0, 0.1) is 5.92 Å². The topological polar surface area (TPSA) is 50.4 Å². The Bertz CT molecular complexity index is 442. The molecule has 0 spiro atoms. The third-order valence-electron chi connectivity index (χ3n) is 3.25. The number of hydrogen-bond acceptors (Lipinski definition) is 4. The van der Waals surface area contributed by atoms with Gasteiger partial charge in [0.2, 0.25) is 5.91 Å². The largest absolute Gasteiger partial charge is 0.493 e. The van der Waals surface area contributed by atoms with Gasteiger partial charge in [0.15, 0.2) is 0 Å². The molecule has 1 heterocycles. The Hall–Kier alpha value is -1.20. The molecule has 0 saturated carbocycles. The van der Waals surface area contributed by atoms with Crippen LogP contribution in [0.15, 0.2) is 24.3 Å². The highest BCUT2D eigenvalue weighted by molar-refractivity contribution is 7.99. The average Bonchev–Trinajstić information content (AvgIpc) is 3.00. The van der Waals surface area contributed by atoms with Gasteiger partial charge in [0.1, 0.15) is 5.75 Å². The summed E-state index contributed by atoms with van der Waals surface area (Å²) in [6.45, 7) is 5.68. The summed E-state index contributed by atoms with van der Waals surface area (Å²) in [4.78, 5) is 11.8. The van der Waals surface area contributed by atoms with Crippen molar-refractivity contribution in [1.82, 2.24) is 10.6 Å². The molecule has 0 bridgehead atoms. The van der Waals surface area contributed by atoms with Gasteiger partial charge in [-0.3, -0.25) is 10.1 Å². The molecule has 1 unspecified atom stereocenters. The molecule has 116 valence electrons. The lowest BCUT2D eigenvalue weighted by atomic mass is 10.1. The number of amides is 1. The first-order valence-corrected chi connectivity index (χ1v) is 8.61. The summed E-state index contributed by atoms with van der Waals surface area (Å²) < 4.78 is 5.65. The zero-order chi connectivity index (χ0) is 15.1. The Morgan fingerprint density at radius 1 is 1.43 bits per heavy atom. The number of benzene rings is 1. The maximum Gasteiger partial charge on any atom is 0.238 e. The standard InChI is InChI=1S/C16H24N2O2S/c1-12(2)9-20-14-5-3-13(4-6-14)7-8-17-16(19)15-10-21-11-18-15/h3-6,12,15,18H,7-11H2,1-2H3,(H,17,19). The van der Waals surface area contributed by atoms with Crippen LogP contribution < -0.4 is 15.4 Å². The van der Waals surface area contributed by atoms with Crippen LogP contribution in [0.25, 0.3) is 0 Å². The van der Waals surface area contributed by atoms with Gasteiger partial charge >= 0.3 is 0 Å². The van der Waals surface area contributed by atoms with Gasteiger partial charge in [-0.2, -0.15) is 0 Å². The average molecular weight is 308 g/mol. The quantitative estimate of drug-likeness (QED) is 0.809. The van der Waals surface area contributed by atoms with E-state index in [4.69, 9.17) is 4.74 Å². The van der Waals surface area contributed by atoms with Crippen molar-refractivity contribution in [3.05, 3.63) is 29.8 Å². The molecule has 1 saturated heterocycles. The van der Waals surface area contributed by atoms with E-state index < -0.39 is 0 Å². The van der Waals surface area contributed by atoms with E-state index in [-0.39, 0.29) is 11.9 Å². The summed E-state index contributed by atoms with van der Waals surface area (Å²) in [6, 6.07) is 8.09. The molecule has 2 rings (SSSR count). The molecule has 1 aliphatic heterocycles. The summed E-state index contributed by atoms with van der Waals surface area (Å²) in [7, 11) is 0. The van der Waals surface area contributed by atoms with E-state index >= 15 is 0 Å². The van der Waals surface area contributed by atoms with Crippen molar-refractivity contribution in [3.8, 4) is 5.75 Å². The zero-order valence-corrected chi connectivity index (χ0v) is 13.5. The Balaban J connectivity index is 1.69. The molecule has 1 aromatic rings. The second-order valence-electron chi connectivity index (χ2n) is 5.66. The van der Waals surface area contributed by atoms with Crippen molar-refractivity contribution < 1.29 is 9.53 Å². The molecule has 0 radical (unpaired) electrons. The smallest absolute Gasteiger partial charge is 0.238 e. The van der Waals surface area contributed by atoms with Crippen LogP contribution in [0.1, 0.15) is 19.4 Å². The maximum atomic E-state index is 11.8. The van der Waals surface area contributed by atoms with Crippen molar-refractivity contribution in [2.45, 2.75) is 26.3 Å². The SMILES string of the molecule is CC(C)COc1ccc(CCNC(=O)C2CSCN2)cc1. The molecule has 1 fully saturated rings. The fourth-order valence-corrected chi connectivity index (χ4v) is 2.97. The van der Waals surface area contributed by atoms with E-state index in [0.717, 1.165) is 30.4 Å². The third kappa shape index (κ3) is 5.59. The van der Waals surface area contributed by atoms with Crippen LogP contribution in [0.2, 0.25) is 0 Å². The van der Waals surface area contributed by atoms with Gasteiger partial charge in [0.25, 0.3) is 0 Å². The van der Waals surface area contributed by atoms with Crippen molar-refractivity contribution in [3.63, 3.8) is 0 Å². The van der Waals surface area contributed by atoms with Gasteiger partial charge in [-0.05, 0) is 30.0 Å². The molecule has 1 aromatic carbocycles. The number of carbonyl (C=O) groups excluding carboxylic acids is 1. The highest BCUT2D eigenvalue weighted by atomic mass is 32.2. The van der Waals surface area contributed by atoms with Gasteiger partial charge in [-0.15, -0.1) is 11.8 Å². The fourth-order valence-electron chi connectivity index (χ4n) is 2.03. The van der Waals surface area contributed by atoms with Crippen LogP contribution >= 0.6 is 11.8 Å². The second-order valence-corrected chi connectivity index (χ2v) is 6.69. The van der Waals surface area contributed by atoms with Crippen molar-refractivity contribution >= 4 is 17.7 Å². The van der Waals surface area contributed by atoms with E-state index in [1.807, 2.05) is 12.1 Å². The van der Waals surface area contributed by atoms with E-state index in [2.05, 4.69) is 36.6 Å². The van der Waals surface area contributed by atoms with Crippen LogP contribution in [-0.2, 0) is 11.2 Å². The Morgan fingerprint density at radius 3 is 2.81 bits per heavy atom. The van der Waals surface area contributed by atoms with Gasteiger partial charge in [-0.25, -0.2) is 0 Å². The van der Waals surface area contributed by atoms with Crippen LogP contribution in [0.4, 0.5) is 0 Å². The normalized spacial score (nSPS) is 18.0. The lowest BCUT2D eigenvalue weighted by Crippen LogP contribution is -2.42. The Kier molecular flexibility index (Phi) is 6.39. The summed E-state index contributed by atoms with van der Waals surface area (Å²) >= 11 is 1.76.